The molecule has 0 aromatic carbocycles. The maximum absolute atomic E-state index is 11.7. The second kappa shape index (κ2) is 5.55. The average molecular weight is 212 g/mol. The van der Waals surface area contributed by atoms with Gasteiger partial charge in [-0.1, -0.05) is 13.3 Å². The van der Waals surface area contributed by atoms with Crippen LogP contribution >= 0.6 is 0 Å². The molecule has 0 saturated heterocycles. The van der Waals surface area contributed by atoms with Crippen LogP contribution in [0.1, 0.15) is 25.6 Å². The lowest BCUT2D eigenvalue weighted by molar-refractivity contribution is -0.128. The van der Waals surface area contributed by atoms with Crippen LogP contribution in [0.3, 0.4) is 0 Å². The molecule has 1 atom stereocenters. The van der Waals surface area contributed by atoms with E-state index in [4.69, 9.17) is 4.74 Å². The summed E-state index contributed by atoms with van der Waals surface area (Å²) in [7, 11) is 3.21. The predicted molar refractivity (Wildman–Crippen MR) is 53.2 cm³/mol. The zero-order valence-electron chi connectivity index (χ0n) is 9.30. The summed E-state index contributed by atoms with van der Waals surface area (Å²) >= 11 is 0. The molecule has 1 aromatic rings. The monoisotopic (exact) mass is 212 g/mol. The van der Waals surface area contributed by atoms with Gasteiger partial charge in [0, 0.05) is 7.11 Å². The molecular weight excluding hydrogens is 196 g/mol. The zero-order valence-corrected chi connectivity index (χ0v) is 9.30. The van der Waals surface area contributed by atoms with Crippen molar-refractivity contribution in [3.05, 3.63) is 5.82 Å². The zero-order chi connectivity index (χ0) is 11.3. The molecule has 1 unspecified atom stereocenters. The normalized spacial score (nSPS) is 12.7. The minimum absolute atomic E-state index is 0.00681. The number of carbonyl (C=O) groups is 1. The third-order valence-corrected chi connectivity index (χ3v) is 2.08. The van der Waals surface area contributed by atoms with E-state index in [2.05, 4.69) is 15.4 Å². The maximum Gasteiger partial charge on any atom is 0.182 e. The Morgan fingerprint density at radius 1 is 1.60 bits per heavy atom. The molecule has 1 heterocycles. The minimum Gasteiger partial charge on any atom is -0.374 e. The van der Waals surface area contributed by atoms with Crippen LogP contribution in [0.5, 0.6) is 0 Å². The smallest absolute Gasteiger partial charge is 0.182 e. The molecule has 15 heavy (non-hydrogen) atoms. The highest BCUT2D eigenvalue weighted by molar-refractivity contribution is 5.84. The van der Waals surface area contributed by atoms with Gasteiger partial charge in [-0.05, 0) is 11.6 Å². The molecule has 0 saturated carbocycles. The summed E-state index contributed by atoms with van der Waals surface area (Å²) in [4.78, 5) is 13.0. The molecule has 0 aliphatic heterocycles. The molecule has 84 valence electrons. The van der Waals surface area contributed by atoms with E-state index >= 15 is 0 Å². The lowest BCUT2D eigenvalue weighted by Gasteiger charge is -2.11. The fraction of sp³-hybridized carbons (Fsp3) is 0.778. The van der Waals surface area contributed by atoms with Gasteiger partial charge in [-0.25, -0.2) is 0 Å². The standard InChI is InChI=1S/C9H16N4O2/c1-4-5-8(15-3)7(14)6-9-10-12-13(2)11-9/h8H,4-6H2,1-3H3. The fourth-order valence-electron chi connectivity index (χ4n) is 1.34. The van der Waals surface area contributed by atoms with Crippen molar-refractivity contribution in [1.82, 2.24) is 20.2 Å². The highest BCUT2D eigenvalue weighted by atomic mass is 16.5. The lowest BCUT2D eigenvalue weighted by Crippen LogP contribution is -2.25. The molecular formula is C9H16N4O2. The number of aromatic nitrogens is 4. The highest BCUT2D eigenvalue weighted by Gasteiger charge is 2.18. The summed E-state index contributed by atoms with van der Waals surface area (Å²) in [6.45, 7) is 2.01. The van der Waals surface area contributed by atoms with Crippen molar-refractivity contribution in [2.45, 2.75) is 32.3 Å². The molecule has 0 aliphatic rings. The average Bonchev–Trinajstić information content (AvgIpc) is 2.60. The summed E-state index contributed by atoms with van der Waals surface area (Å²) in [5, 5.41) is 11.4. The van der Waals surface area contributed by atoms with Crippen molar-refractivity contribution >= 4 is 5.78 Å². The number of rotatable bonds is 6. The van der Waals surface area contributed by atoms with Gasteiger partial charge in [0.05, 0.1) is 13.5 Å². The molecule has 0 bridgehead atoms. The number of nitrogens with zero attached hydrogens (tertiary/aromatic N) is 4. The van der Waals surface area contributed by atoms with Crippen LogP contribution in [0.15, 0.2) is 0 Å². The SMILES string of the molecule is CCCC(OC)C(=O)Cc1nnn(C)n1. The first-order chi connectivity index (χ1) is 7.17. The van der Waals surface area contributed by atoms with Gasteiger partial charge in [-0.15, -0.1) is 10.2 Å². The molecule has 6 nitrogen and oxygen atoms in total. The minimum atomic E-state index is -0.348. The van der Waals surface area contributed by atoms with Gasteiger partial charge in [0.25, 0.3) is 0 Å². The first-order valence-electron chi connectivity index (χ1n) is 4.95. The first kappa shape index (κ1) is 11.8. The Bertz CT molecular complexity index is 324. The van der Waals surface area contributed by atoms with Gasteiger partial charge in [-0.2, -0.15) is 4.80 Å². The van der Waals surface area contributed by atoms with Crippen LogP contribution in [-0.4, -0.2) is 39.2 Å². The largest absolute Gasteiger partial charge is 0.374 e. The van der Waals surface area contributed by atoms with Crippen LogP contribution in [0.25, 0.3) is 0 Å². The Hall–Kier alpha value is -1.30. The quantitative estimate of drug-likeness (QED) is 0.670. The molecule has 0 spiro atoms. The lowest BCUT2D eigenvalue weighted by atomic mass is 10.1. The number of methoxy groups -OCH3 is 1. The van der Waals surface area contributed by atoms with E-state index in [1.54, 1.807) is 14.2 Å². The highest BCUT2D eigenvalue weighted by Crippen LogP contribution is 2.05. The predicted octanol–water partition coefficient (Wildman–Crippen LogP) is 0.137. The Kier molecular flexibility index (Phi) is 4.36. The summed E-state index contributed by atoms with van der Waals surface area (Å²) in [5.41, 5.74) is 0. The van der Waals surface area contributed by atoms with E-state index in [-0.39, 0.29) is 18.3 Å². The van der Waals surface area contributed by atoms with Gasteiger partial charge in [0.2, 0.25) is 0 Å². The number of ether oxygens (including phenoxy) is 1. The van der Waals surface area contributed by atoms with E-state index < -0.39 is 0 Å². The van der Waals surface area contributed by atoms with E-state index in [1.807, 2.05) is 6.92 Å². The van der Waals surface area contributed by atoms with Crippen LogP contribution in [0.4, 0.5) is 0 Å². The van der Waals surface area contributed by atoms with Crippen LogP contribution < -0.4 is 0 Å². The topological polar surface area (TPSA) is 69.9 Å². The van der Waals surface area contributed by atoms with Gasteiger partial charge >= 0.3 is 0 Å². The van der Waals surface area contributed by atoms with E-state index in [0.717, 1.165) is 12.8 Å². The van der Waals surface area contributed by atoms with Crippen LogP contribution in [0.2, 0.25) is 0 Å². The summed E-state index contributed by atoms with van der Waals surface area (Å²) < 4.78 is 5.10. The summed E-state index contributed by atoms with van der Waals surface area (Å²) in [6, 6.07) is 0. The molecule has 1 aromatic heterocycles. The summed E-state index contributed by atoms with van der Waals surface area (Å²) in [5.74, 6) is 0.452. The van der Waals surface area contributed by atoms with Crippen molar-refractivity contribution in [2.75, 3.05) is 7.11 Å². The van der Waals surface area contributed by atoms with Crippen molar-refractivity contribution in [3.8, 4) is 0 Å². The van der Waals surface area contributed by atoms with E-state index in [0.29, 0.717) is 5.82 Å². The third kappa shape index (κ3) is 3.39. The molecule has 6 heteroatoms. The molecule has 0 amide bonds. The van der Waals surface area contributed by atoms with Crippen molar-refractivity contribution in [3.63, 3.8) is 0 Å². The van der Waals surface area contributed by atoms with Crippen molar-refractivity contribution in [2.24, 2.45) is 7.05 Å². The number of aryl methyl sites for hydroxylation is 1. The second-order valence-corrected chi connectivity index (χ2v) is 3.35. The number of Topliss-reactive ketones (excluding diaryl/α,β-unsaturated/α-hetero) is 1. The Morgan fingerprint density at radius 3 is 2.80 bits per heavy atom. The van der Waals surface area contributed by atoms with Crippen molar-refractivity contribution in [1.29, 1.82) is 0 Å². The number of tetrazole rings is 1. The number of hydrogen-bond acceptors (Lipinski definition) is 5. The van der Waals surface area contributed by atoms with Gasteiger partial charge in [-0.3, -0.25) is 4.79 Å². The first-order valence-corrected chi connectivity index (χ1v) is 4.95. The number of ketones is 1. The second-order valence-electron chi connectivity index (χ2n) is 3.35. The Labute approximate surface area is 88.6 Å². The molecule has 0 fully saturated rings. The van der Waals surface area contributed by atoms with Gasteiger partial charge in [0.15, 0.2) is 11.6 Å². The van der Waals surface area contributed by atoms with Crippen LogP contribution in [-0.2, 0) is 23.0 Å². The maximum atomic E-state index is 11.7. The van der Waals surface area contributed by atoms with Crippen molar-refractivity contribution < 1.29 is 9.53 Å². The Balaban J connectivity index is 2.53. The number of carbonyl (C=O) groups excluding carboxylic acids is 1. The van der Waals surface area contributed by atoms with Gasteiger partial charge in [0.1, 0.15) is 6.10 Å². The summed E-state index contributed by atoms with van der Waals surface area (Å²) in [6.07, 6.45) is 1.49. The Morgan fingerprint density at radius 2 is 2.33 bits per heavy atom. The number of hydrogen-bond donors (Lipinski definition) is 0. The fourth-order valence-corrected chi connectivity index (χ4v) is 1.34. The molecule has 0 aliphatic carbocycles. The third-order valence-electron chi connectivity index (χ3n) is 2.08. The van der Waals surface area contributed by atoms with Crippen LogP contribution in [0, 0.1) is 0 Å². The van der Waals surface area contributed by atoms with Gasteiger partial charge < -0.3 is 4.74 Å². The molecule has 0 N–H and O–H groups in total. The van der Waals surface area contributed by atoms with E-state index in [9.17, 15) is 4.79 Å². The molecule has 1 rings (SSSR count). The van der Waals surface area contributed by atoms with E-state index in [1.165, 1.54) is 4.80 Å². The molecule has 0 radical (unpaired) electrons.